The van der Waals surface area contributed by atoms with Crippen LogP contribution in [0.4, 0.5) is 11.4 Å². The van der Waals surface area contributed by atoms with Gasteiger partial charge in [-0.05, 0) is 37.6 Å². The average Bonchev–Trinajstić information content (AvgIpc) is 2.99. The largest absolute Gasteiger partial charge is 0.497 e. The molecule has 1 fully saturated rings. The number of benzene rings is 2. The summed E-state index contributed by atoms with van der Waals surface area (Å²) in [5.41, 5.74) is 3.71. The third kappa shape index (κ3) is 3.65. The molecule has 0 bridgehead atoms. The van der Waals surface area contributed by atoms with Crippen molar-refractivity contribution < 1.29 is 14.3 Å². The lowest BCUT2D eigenvalue weighted by atomic mass is 10.1. The smallest absolute Gasteiger partial charge is 0.229 e. The Balaban J connectivity index is 1.72. The van der Waals surface area contributed by atoms with Gasteiger partial charge in [0.05, 0.1) is 13.0 Å². The minimum atomic E-state index is -0.362. The number of carbonyl (C=O) groups excluding carboxylic acids is 2. The number of aryl methyl sites for hydroxylation is 2. The van der Waals surface area contributed by atoms with E-state index in [1.165, 1.54) is 0 Å². The molecule has 2 aromatic rings. The molecule has 5 nitrogen and oxygen atoms in total. The molecule has 2 aromatic carbocycles. The number of nitrogens with zero attached hydrogens (tertiary/aromatic N) is 1. The normalized spacial score (nSPS) is 16.8. The number of rotatable bonds is 4. The van der Waals surface area contributed by atoms with E-state index >= 15 is 0 Å². The van der Waals surface area contributed by atoms with Gasteiger partial charge in [0.2, 0.25) is 11.8 Å². The van der Waals surface area contributed by atoms with Gasteiger partial charge in [-0.2, -0.15) is 0 Å². The average molecular weight is 338 g/mol. The van der Waals surface area contributed by atoms with Crippen molar-refractivity contribution in [2.75, 3.05) is 23.9 Å². The third-order valence-corrected chi connectivity index (χ3v) is 4.50. The van der Waals surface area contributed by atoms with Crippen LogP contribution in [0.25, 0.3) is 0 Å². The Morgan fingerprint density at radius 3 is 2.72 bits per heavy atom. The number of nitrogens with one attached hydrogen (secondary N) is 1. The number of ether oxygens (including phenoxy) is 1. The minimum Gasteiger partial charge on any atom is -0.497 e. The van der Waals surface area contributed by atoms with Gasteiger partial charge in [0, 0.05) is 30.4 Å². The van der Waals surface area contributed by atoms with Crippen molar-refractivity contribution in [3.63, 3.8) is 0 Å². The first-order valence-corrected chi connectivity index (χ1v) is 8.30. The SMILES string of the molecule is COc1cccc(N2CC(C(=O)Nc3ccc(C)cc3C)CC2=O)c1. The van der Waals surface area contributed by atoms with Crippen molar-refractivity contribution in [2.24, 2.45) is 5.92 Å². The molecule has 0 aliphatic carbocycles. The molecule has 5 heteroatoms. The Morgan fingerprint density at radius 1 is 1.20 bits per heavy atom. The number of amides is 2. The fraction of sp³-hybridized carbons (Fsp3) is 0.300. The maximum Gasteiger partial charge on any atom is 0.229 e. The molecule has 0 saturated carbocycles. The monoisotopic (exact) mass is 338 g/mol. The second-order valence-electron chi connectivity index (χ2n) is 6.41. The van der Waals surface area contributed by atoms with E-state index in [0.29, 0.717) is 12.3 Å². The van der Waals surface area contributed by atoms with Gasteiger partial charge < -0.3 is 15.0 Å². The van der Waals surface area contributed by atoms with E-state index in [1.54, 1.807) is 12.0 Å². The minimum absolute atomic E-state index is 0.0472. The molecule has 1 unspecified atom stereocenters. The summed E-state index contributed by atoms with van der Waals surface area (Å²) in [6, 6.07) is 13.2. The van der Waals surface area contributed by atoms with Gasteiger partial charge in [-0.15, -0.1) is 0 Å². The summed E-state index contributed by atoms with van der Waals surface area (Å²) in [6.45, 7) is 4.36. The van der Waals surface area contributed by atoms with Gasteiger partial charge in [-0.3, -0.25) is 9.59 Å². The van der Waals surface area contributed by atoms with E-state index in [4.69, 9.17) is 4.74 Å². The van der Waals surface area contributed by atoms with Crippen molar-refractivity contribution in [1.82, 2.24) is 0 Å². The van der Waals surface area contributed by atoms with Crippen LogP contribution in [0.2, 0.25) is 0 Å². The quantitative estimate of drug-likeness (QED) is 0.930. The molecule has 3 rings (SSSR count). The Hall–Kier alpha value is -2.82. The van der Waals surface area contributed by atoms with Crippen molar-refractivity contribution >= 4 is 23.2 Å². The summed E-state index contributed by atoms with van der Waals surface area (Å²) in [5.74, 6) is 0.160. The first-order chi connectivity index (χ1) is 12.0. The van der Waals surface area contributed by atoms with E-state index in [-0.39, 0.29) is 24.2 Å². The zero-order valence-electron chi connectivity index (χ0n) is 14.7. The molecule has 25 heavy (non-hydrogen) atoms. The predicted molar refractivity (Wildman–Crippen MR) is 98.0 cm³/mol. The highest BCUT2D eigenvalue weighted by molar-refractivity contribution is 6.03. The highest BCUT2D eigenvalue weighted by Crippen LogP contribution is 2.29. The Kier molecular flexibility index (Phi) is 4.74. The molecule has 1 saturated heterocycles. The van der Waals surface area contributed by atoms with Gasteiger partial charge in [-0.25, -0.2) is 0 Å². The summed E-state index contributed by atoms with van der Waals surface area (Å²) in [7, 11) is 1.59. The van der Waals surface area contributed by atoms with Crippen LogP contribution in [0, 0.1) is 19.8 Å². The maximum absolute atomic E-state index is 12.6. The Bertz CT molecular complexity index is 816. The van der Waals surface area contributed by atoms with Gasteiger partial charge in [0.25, 0.3) is 0 Å². The summed E-state index contributed by atoms with van der Waals surface area (Å²) < 4.78 is 5.21. The lowest BCUT2D eigenvalue weighted by Crippen LogP contribution is -2.28. The number of methoxy groups -OCH3 is 1. The van der Waals surface area contributed by atoms with E-state index in [9.17, 15) is 9.59 Å². The van der Waals surface area contributed by atoms with Crippen LogP contribution in [0.5, 0.6) is 5.75 Å². The van der Waals surface area contributed by atoms with Gasteiger partial charge in [0.1, 0.15) is 5.75 Å². The zero-order chi connectivity index (χ0) is 18.0. The number of hydrogen-bond acceptors (Lipinski definition) is 3. The first kappa shape index (κ1) is 17.0. The second-order valence-corrected chi connectivity index (χ2v) is 6.41. The van der Waals surface area contributed by atoms with Crippen molar-refractivity contribution in [2.45, 2.75) is 20.3 Å². The molecule has 0 aromatic heterocycles. The molecule has 1 heterocycles. The van der Waals surface area contributed by atoms with E-state index in [0.717, 1.165) is 22.5 Å². The van der Waals surface area contributed by atoms with E-state index in [2.05, 4.69) is 5.32 Å². The van der Waals surface area contributed by atoms with Crippen LogP contribution in [0.15, 0.2) is 42.5 Å². The van der Waals surface area contributed by atoms with Crippen LogP contribution in [-0.2, 0) is 9.59 Å². The number of anilines is 2. The molecule has 1 atom stereocenters. The maximum atomic E-state index is 12.6. The molecule has 0 radical (unpaired) electrons. The van der Waals surface area contributed by atoms with Gasteiger partial charge in [-0.1, -0.05) is 23.8 Å². The van der Waals surface area contributed by atoms with Crippen LogP contribution >= 0.6 is 0 Å². The molecular formula is C20H22N2O3. The van der Waals surface area contributed by atoms with Crippen molar-refractivity contribution in [3.8, 4) is 5.75 Å². The highest BCUT2D eigenvalue weighted by atomic mass is 16.5. The summed E-state index contributed by atoms with van der Waals surface area (Å²) in [4.78, 5) is 26.6. The zero-order valence-corrected chi connectivity index (χ0v) is 14.7. The van der Waals surface area contributed by atoms with E-state index < -0.39 is 0 Å². The summed E-state index contributed by atoms with van der Waals surface area (Å²) in [6.07, 6.45) is 0.216. The van der Waals surface area contributed by atoms with Crippen LogP contribution in [0.1, 0.15) is 17.5 Å². The molecule has 0 spiro atoms. The lowest BCUT2D eigenvalue weighted by Gasteiger charge is -2.17. The standard InChI is InChI=1S/C20H22N2O3/c1-13-7-8-18(14(2)9-13)21-20(24)15-10-19(23)22(12-15)16-5-4-6-17(11-16)25-3/h4-9,11,15H,10,12H2,1-3H3,(H,21,24). The molecule has 2 amide bonds. The molecule has 130 valence electrons. The van der Waals surface area contributed by atoms with Crippen LogP contribution in [0.3, 0.4) is 0 Å². The summed E-state index contributed by atoms with van der Waals surface area (Å²) >= 11 is 0. The van der Waals surface area contributed by atoms with Crippen LogP contribution < -0.4 is 15.0 Å². The Labute approximate surface area is 147 Å². The van der Waals surface area contributed by atoms with Gasteiger partial charge in [0.15, 0.2) is 0 Å². The molecule has 1 aliphatic rings. The van der Waals surface area contributed by atoms with Crippen molar-refractivity contribution in [3.05, 3.63) is 53.6 Å². The molecular weight excluding hydrogens is 316 g/mol. The summed E-state index contributed by atoms with van der Waals surface area (Å²) in [5, 5.41) is 2.95. The fourth-order valence-electron chi connectivity index (χ4n) is 3.10. The van der Waals surface area contributed by atoms with Crippen molar-refractivity contribution in [1.29, 1.82) is 0 Å². The predicted octanol–water partition coefficient (Wildman–Crippen LogP) is 3.30. The topological polar surface area (TPSA) is 58.6 Å². The lowest BCUT2D eigenvalue weighted by molar-refractivity contribution is -0.122. The molecule has 1 N–H and O–H groups in total. The van der Waals surface area contributed by atoms with Gasteiger partial charge >= 0.3 is 0 Å². The first-order valence-electron chi connectivity index (χ1n) is 8.30. The van der Waals surface area contributed by atoms with E-state index in [1.807, 2.05) is 56.3 Å². The van der Waals surface area contributed by atoms with Crippen LogP contribution in [-0.4, -0.2) is 25.5 Å². The number of carbonyl (C=O) groups is 2. The molecule has 1 aliphatic heterocycles. The third-order valence-electron chi connectivity index (χ3n) is 4.50. The second kappa shape index (κ2) is 6.97. The number of hydrogen-bond donors (Lipinski definition) is 1. The highest BCUT2D eigenvalue weighted by Gasteiger charge is 2.35. The fourth-order valence-corrected chi connectivity index (χ4v) is 3.10. The Morgan fingerprint density at radius 2 is 2.00 bits per heavy atom.